The predicted molar refractivity (Wildman–Crippen MR) is 70.5 cm³/mol. The minimum absolute atomic E-state index is 0.116. The summed E-state index contributed by atoms with van der Waals surface area (Å²) in [5.74, 6) is -1.12. The fourth-order valence-electron chi connectivity index (χ4n) is 1.88. The van der Waals surface area contributed by atoms with E-state index in [0.717, 1.165) is 5.56 Å². The number of carbonyl (C=O) groups is 1. The highest BCUT2D eigenvalue weighted by atomic mass is 35.5. The van der Waals surface area contributed by atoms with E-state index >= 15 is 0 Å². The van der Waals surface area contributed by atoms with E-state index in [0.29, 0.717) is 23.4 Å². The highest BCUT2D eigenvalue weighted by Crippen LogP contribution is 2.29. The third-order valence-corrected chi connectivity index (χ3v) is 3.38. The van der Waals surface area contributed by atoms with Crippen molar-refractivity contribution in [3.05, 3.63) is 34.1 Å². The van der Waals surface area contributed by atoms with E-state index in [4.69, 9.17) is 16.7 Å². The third kappa shape index (κ3) is 4.30. The fourth-order valence-corrected chi connectivity index (χ4v) is 2.12. The molecule has 0 aliphatic carbocycles. The smallest absolute Gasteiger partial charge is 0.303 e. The Labute approximate surface area is 112 Å². The van der Waals surface area contributed by atoms with Crippen molar-refractivity contribution in [2.45, 2.75) is 40.0 Å². The lowest BCUT2D eigenvalue weighted by atomic mass is 9.83. The summed E-state index contributed by atoms with van der Waals surface area (Å²) in [5, 5.41) is 9.21. The van der Waals surface area contributed by atoms with Crippen molar-refractivity contribution in [3.8, 4) is 0 Å². The molecule has 0 aromatic heterocycles. The standard InChI is InChI=1S/C14H18ClFO2/c1-9-6-10(11(15)7-12(9)16)4-5-14(2,3)8-13(17)18/h6-7H,4-5,8H2,1-3H3,(H,17,18). The van der Waals surface area contributed by atoms with Gasteiger partial charge in [-0.25, -0.2) is 4.39 Å². The quantitative estimate of drug-likeness (QED) is 0.871. The molecule has 4 heteroatoms. The normalized spacial score (nSPS) is 11.6. The van der Waals surface area contributed by atoms with Crippen molar-refractivity contribution in [2.24, 2.45) is 5.41 Å². The van der Waals surface area contributed by atoms with Gasteiger partial charge >= 0.3 is 5.97 Å². The van der Waals surface area contributed by atoms with E-state index in [1.807, 2.05) is 13.8 Å². The van der Waals surface area contributed by atoms with Gasteiger partial charge in [-0.1, -0.05) is 31.5 Å². The first-order chi connectivity index (χ1) is 8.21. The van der Waals surface area contributed by atoms with Crippen molar-refractivity contribution in [2.75, 3.05) is 0 Å². The molecule has 0 amide bonds. The second kappa shape index (κ2) is 5.70. The Hall–Kier alpha value is -1.09. The molecule has 18 heavy (non-hydrogen) atoms. The average molecular weight is 273 g/mol. The second-order valence-corrected chi connectivity index (χ2v) is 5.83. The zero-order chi connectivity index (χ0) is 13.9. The Kier molecular flexibility index (Phi) is 4.74. The number of carboxylic acid groups (broad SMARTS) is 1. The van der Waals surface area contributed by atoms with E-state index in [1.54, 1.807) is 13.0 Å². The van der Waals surface area contributed by atoms with E-state index in [2.05, 4.69) is 0 Å². The Bertz CT molecular complexity index is 455. The van der Waals surface area contributed by atoms with Gasteiger partial charge in [-0.05, 0) is 42.4 Å². The average Bonchev–Trinajstić information content (AvgIpc) is 2.19. The molecule has 0 spiro atoms. The summed E-state index contributed by atoms with van der Waals surface area (Å²) in [5.41, 5.74) is 1.14. The molecule has 0 aliphatic heterocycles. The fraction of sp³-hybridized carbons (Fsp3) is 0.500. The van der Waals surface area contributed by atoms with E-state index in [9.17, 15) is 9.18 Å². The Balaban J connectivity index is 2.74. The maximum Gasteiger partial charge on any atom is 0.303 e. The molecular formula is C14H18ClFO2. The van der Waals surface area contributed by atoms with Crippen LogP contribution < -0.4 is 0 Å². The van der Waals surface area contributed by atoms with Crippen LogP contribution in [-0.4, -0.2) is 11.1 Å². The first-order valence-corrected chi connectivity index (χ1v) is 6.25. The van der Waals surface area contributed by atoms with Crippen molar-refractivity contribution in [1.29, 1.82) is 0 Å². The molecule has 0 atom stereocenters. The van der Waals surface area contributed by atoms with Gasteiger partial charge in [0, 0.05) is 5.02 Å². The minimum Gasteiger partial charge on any atom is -0.481 e. The lowest BCUT2D eigenvalue weighted by Crippen LogP contribution is -2.17. The summed E-state index contributed by atoms with van der Waals surface area (Å²) in [6.07, 6.45) is 1.47. The van der Waals surface area contributed by atoms with E-state index in [1.165, 1.54) is 6.07 Å². The molecule has 0 fully saturated rings. The maximum atomic E-state index is 13.2. The van der Waals surface area contributed by atoms with Gasteiger partial charge in [-0.3, -0.25) is 4.79 Å². The van der Waals surface area contributed by atoms with Gasteiger partial charge in [0.25, 0.3) is 0 Å². The van der Waals surface area contributed by atoms with Crippen LogP contribution in [0.2, 0.25) is 5.02 Å². The lowest BCUT2D eigenvalue weighted by Gasteiger charge is -2.22. The molecule has 0 radical (unpaired) electrons. The lowest BCUT2D eigenvalue weighted by molar-refractivity contribution is -0.139. The Morgan fingerprint density at radius 2 is 2.06 bits per heavy atom. The van der Waals surface area contributed by atoms with Crippen LogP contribution in [0.15, 0.2) is 12.1 Å². The van der Waals surface area contributed by atoms with Crippen LogP contribution in [0.3, 0.4) is 0 Å². The van der Waals surface area contributed by atoms with Crippen LogP contribution in [0, 0.1) is 18.2 Å². The molecule has 1 aromatic rings. The molecule has 0 saturated heterocycles. The van der Waals surface area contributed by atoms with Crippen molar-refractivity contribution >= 4 is 17.6 Å². The molecule has 0 saturated carbocycles. The van der Waals surface area contributed by atoms with Gasteiger partial charge in [-0.2, -0.15) is 0 Å². The first-order valence-electron chi connectivity index (χ1n) is 5.87. The van der Waals surface area contributed by atoms with Crippen LogP contribution in [0.4, 0.5) is 4.39 Å². The first kappa shape index (κ1) is 15.0. The van der Waals surface area contributed by atoms with Crippen molar-refractivity contribution in [3.63, 3.8) is 0 Å². The van der Waals surface area contributed by atoms with Crippen molar-refractivity contribution in [1.82, 2.24) is 0 Å². The van der Waals surface area contributed by atoms with Crippen LogP contribution >= 0.6 is 11.6 Å². The number of carboxylic acids is 1. The number of benzene rings is 1. The number of aryl methyl sites for hydroxylation is 2. The van der Waals surface area contributed by atoms with Crippen molar-refractivity contribution < 1.29 is 14.3 Å². The summed E-state index contributed by atoms with van der Waals surface area (Å²) >= 11 is 5.98. The molecule has 1 N–H and O–H groups in total. The predicted octanol–water partition coefficient (Wildman–Crippen LogP) is 4.22. The molecule has 1 rings (SSSR count). The van der Waals surface area contributed by atoms with Gasteiger partial charge in [-0.15, -0.1) is 0 Å². The van der Waals surface area contributed by atoms with Gasteiger partial charge < -0.3 is 5.11 Å². The number of hydrogen-bond donors (Lipinski definition) is 1. The summed E-state index contributed by atoms with van der Waals surface area (Å²) in [4.78, 5) is 10.7. The van der Waals surface area contributed by atoms with E-state index < -0.39 is 5.97 Å². The van der Waals surface area contributed by atoms with Gasteiger partial charge in [0.05, 0.1) is 6.42 Å². The number of aliphatic carboxylic acids is 1. The summed E-state index contributed by atoms with van der Waals surface area (Å²) < 4.78 is 13.2. The number of rotatable bonds is 5. The molecule has 100 valence electrons. The van der Waals surface area contributed by atoms with E-state index in [-0.39, 0.29) is 17.7 Å². The van der Waals surface area contributed by atoms with Gasteiger partial charge in [0.2, 0.25) is 0 Å². The highest BCUT2D eigenvalue weighted by molar-refractivity contribution is 6.31. The number of hydrogen-bond acceptors (Lipinski definition) is 1. The SMILES string of the molecule is Cc1cc(CCC(C)(C)CC(=O)O)c(Cl)cc1F. The minimum atomic E-state index is -0.804. The molecule has 0 aliphatic rings. The summed E-state index contributed by atoms with van der Waals surface area (Å²) in [6.45, 7) is 5.51. The highest BCUT2D eigenvalue weighted by Gasteiger charge is 2.22. The summed E-state index contributed by atoms with van der Waals surface area (Å²) in [7, 11) is 0. The van der Waals surface area contributed by atoms with Crippen LogP contribution in [-0.2, 0) is 11.2 Å². The van der Waals surface area contributed by atoms with Crippen LogP contribution in [0.1, 0.15) is 37.8 Å². The second-order valence-electron chi connectivity index (χ2n) is 5.43. The van der Waals surface area contributed by atoms with Gasteiger partial charge in [0.1, 0.15) is 5.82 Å². The zero-order valence-corrected chi connectivity index (χ0v) is 11.6. The number of halogens is 2. The topological polar surface area (TPSA) is 37.3 Å². The molecular weight excluding hydrogens is 255 g/mol. The van der Waals surface area contributed by atoms with Crippen LogP contribution in [0.25, 0.3) is 0 Å². The molecule has 1 aromatic carbocycles. The molecule has 0 unspecified atom stereocenters. The molecule has 0 heterocycles. The zero-order valence-electron chi connectivity index (χ0n) is 10.9. The molecule has 2 nitrogen and oxygen atoms in total. The monoisotopic (exact) mass is 272 g/mol. The Morgan fingerprint density at radius 1 is 1.44 bits per heavy atom. The van der Waals surface area contributed by atoms with Gasteiger partial charge in [0.15, 0.2) is 0 Å². The maximum absolute atomic E-state index is 13.2. The summed E-state index contributed by atoms with van der Waals surface area (Å²) in [6, 6.07) is 3.05. The van der Waals surface area contributed by atoms with Crippen LogP contribution in [0.5, 0.6) is 0 Å². The third-order valence-electron chi connectivity index (χ3n) is 3.03. The Morgan fingerprint density at radius 3 is 2.61 bits per heavy atom. The largest absolute Gasteiger partial charge is 0.481 e. The molecule has 0 bridgehead atoms.